The standard InChI is InChI=1S/C35H36O12/c1-17-29(39)33(43)34(44)35(45-17)47-25-15-23-28(30(40)22(25)10-6-7-13-36)32(42)26-20(16-37)14-24(46-18(2)38)21(27(26)31(23)41)12-11-19-8-4-3-5-9-19/h3-5,8-9,11-12,14-15,17,29,33-37,39-40,43-44H,6-7,10,13,16H2,1-2H3/t17-,29-,33-,34-,35-/m1/s1. The Morgan fingerprint density at radius 2 is 1.62 bits per heavy atom. The molecule has 5 rings (SSSR count). The van der Waals surface area contributed by atoms with Crippen molar-refractivity contribution in [1.29, 1.82) is 0 Å². The highest BCUT2D eigenvalue weighted by Crippen LogP contribution is 2.45. The SMILES string of the molecule is CC(=O)Oc1cc(CO)c2c(c1C=Cc1ccccc1)C(=O)c1cc(O[C@H]3O[C@H](C)[C@@H](O)[C@@H](O)[C@H]3O)c(CCCCO)c(O)c1C2=O. The molecule has 248 valence electrons. The summed E-state index contributed by atoms with van der Waals surface area (Å²) in [4.78, 5) is 40.7. The van der Waals surface area contributed by atoms with Crippen molar-refractivity contribution in [2.75, 3.05) is 6.61 Å². The van der Waals surface area contributed by atoms with Gasteiger partial charge in [0, 0.05) is 41.3 Å². The van der Waals surface area contributed by atoms with Crippen LogP contribution < -0.4 is 9.47 Å². The normalized spacial score (nSPS) is 22.2. The van der Waals surface area contributed by atoms with E-state index in [4.69, 9.17) is 14.2 Å². The molecule has 0 amide bonds. The molecule has 3 aromatic rings. The van der Waals surface area contributed by atoms with Crippen LogP contribution in [0, 0.1) is 0 Å². The van der Waals surface area contributed by atoms with E-state index in [9.17, 15) is 45.0 Å². The maximum absolute atomic E-state index is 14.4. The number of ketones is 2. The first-order valence-electron chi connectivity index (χ1n) is 15.2. The van der Waals surface area contributed by atoms with Gasteiger partial charge in [-0.2, -0.15) is 0 Å². The Morgan fingerprint density at radius 1 is 0.894 bits per heavy atom. The number of fused-ring (bicyclic) bond motifs is 2. The van der Waals surface area contributed by atoms with Crippen molar-refractivity contribution in [2.24, 2.45) is 0 Å². The van der Waals surface area contributed by atoms with Crippen molar-refractivity contribution in [1.82, 2.24) is 0 Å². The van der Waals surface area contributed by atoms with Gasteiger partial charge in [0.25, 0.3) is 0 Å². The van der Waals surface area contributed by atoms with Gasteiger partial charge in [-0.15, -0.1) is 0 Å². The molecule has 0 aromatic heterocycles. The lowest BCUT2D eigenvalue weighted by atomic mass is 9.77. The zero-order valence-corrected chi connectivity index (χ0v) is 25.8. The van der Waals surface area contributed by atoms with Gasteiger partial charge in [-0.1, -0.05) is 36.4 Å². The maximum atomic E-state index is 14.4. The van der Waals surface area contributed by atoms with Crippen molar-refractivity contribution in [3.05, 3.63) is 87.0 Å². The summed E-state index contributed by atoms with van der Waals surface area (Å²) in [6.07, 6.45) is -3.29. The molecule has 6 N–H and O–H groups in total. The fraction of sp³-hybridized carbons (Fsp3) is 0.343. The first-order chi connectivity index (χ1) is 22.5. The van der Waals surface area contributed by atoms with E-state index in [-0.39, 0.29) is 63.5 Å². The van der Waals surface area contributed by atoms with E-state index < -0.39 is 60.6 Å². The molecule has 0 unspecified atom stereocenters. The van der Waals surface area contributed by atoms with E-state index in [1.54, 1.807) is 30.3 Å². The molecule has 3 aromatic carbocycles. The third-order valence-corrected chi connectivity index (χ3v) is 8.25. The third kappa shape index (κ3) is 6.57. The Bertz CT molecular complexity index is 1710. The Kier molecular flexibility index (Phi) is 10.2. The van der Waals surface area contributed by atoms with Gasteiger partial charge >= 0.3 is 5.97 Å². The van der Waals surface area contributed by atoms with Crippen molar-refractivity contribution in [2.45, 2.75) is 70.4 Å². The number of aromatic hydroxyl groups is 1. The van der Waals surface area contributed by atoms with Gasteiger partial charge in [0.2, 0.25) is 6.29 Å². The molecule has 1 saturated heterocycles. The van der Waals surface area contributed by atoms with Gasteiger partial charge in [0.15, 0.2) is 11.6 Å². The summed E-state index contributed by atoms with van der Waals surface area (Å²) < 4.78 is 17.0. The first-order valence-corrected chi connectivity index (χ1v) is 15.2. The molecule has 12 nitrogen and oxygen atoms in total. The van der Waals surface area contributed by atoms with E-state index in [1.807, 2.05) is 6.07 Å². The van der Waals surface area contributed by atoms with Gasteiger partial charge in [-0.05, 0) is 55.5 Å². The van der Waals surface area contributed by atoms with Crippen LogP contribution in [0.25, 0.3) is 12.2 Å². The number of ether oxygens (including phenoxy) is 3. The molecule has 1 fully saturated rings. The molecule has 5 atom stereocenters. The van der Waals surface area contributed by atoms with Crippen LogP contribution >= 0.6 is 0 Å². The number of phenolic OH excluding ortho intramolecular Hbond substituents is 1. The summed E-state index contributed by atoms with van der Waals surface area (Å²) in [5.74, 6) is -3.00. The van der Waals surface area contributed by atoms with Crippen molar-refractivity contribution in [3.8, 4) is 17.2 Å². The fourth-order valence-electron chi connectivity index (χ4n) is 5.85. The van der Waals surface area contributed by atoms with Crippen molar-refractivity contribution < 1.29 is 59.2 Å². The summed E-state index contributed by atoms with van der Waals surface area (Å²) in [7, 11) is 0. The molecular weight excluding hydrogens is 612 g/mol. The molecule has 0 bridgehead atoms. The maximum Gasteiger partial charge on any atom is 0.308 e. The molecule has 0 spiro atoms. The number of rotatable bonds is 10. The van der Waals surface area contributed by atoms with Gasteiger partial charge in [-0.3, -0.25) is 14.4 Å². The van der Waals surface area contributed by atoms with E-state index in [1.165, 1.54) is 32.1 Å². The summed E-state index contributed by atoms with van der Waals surface area (Å²) in [6, 6.07) is 11.6. The number of aliphatic hydroxyl groups excluding tert-OH is 5. The lowest BCUT2D eigenvalue weighted by Crippen LogP contribution is -2.58. The van der Waals surface area contributed by atoms with Crippen LogP contribution in [-0.2, 0) is 22.6 Å². The molecule has 2 aliphatic rings. The predicted octanol–water partition coefficient (Wildman–Crippen LogP) is 2.28. The number of unbranched alkanes of at least 4 members (excludes halogenated alkanes) is 1. The van der Waals surface area contributed by atoms with Crippen LogP contribution in [0.4, 0.5) is 0 Å². The van der Waals surface area contributed by atoms with E-state index >= 15 is 0 Å². The summed E-state index contributed by atoms with van der Waals surface area (Å²) in [5.41, 5.74) is -0.0337. The number of phenols is 1. The third-order valence-electron chi connectivity index (χ3n) is 8.25. The van der Waals surface area contributed by atoms with Crippen LogP contribution in [0.3, 0.4) is 0 Å². The summed E-state index contributed by atoms with van der Waals surface area (Å²) in [5, 5.41) is 62.3. The van der Waals surface area contributed by atoms with Gasteiger partial charge < -0.3 is 44.8 Å². The molecule has 1 heterocycles. The number of esters is 1. The Labute approximate surface area is 270 Å². The van der Waals surface area contributed by atoms with E-state index in [0.29, 0.717) is 12.8 Å². The smallest absolute Gasteiger partial charge is 0.308 e. The zero-order valence-electron chi connectivity index (χ0n) is 25.8. The fourth-order valence-corrected chi connectivity index (χ4v) is 5.85. The summed E-state index contributed by atoms with van der Waals surface area (Å²) >= 11 is 0. The number of benzene rings is 3. The Balaban J connectivity index is 1.70. The van der Waals surface area contributed by atoms with E-state index in [2.05, 4.69) is 0 Å². The molecule has 47 heavy (non-hydrogen) atoms. The topological polar surface area (TPSA) is 200 Å². The van der Waals surface area contributed by atoms with Crippen molar-refractivity contribution >= 4 is 29.7 Å². The minimum atomic E-state index is -1.71. The predicted molar refractivity (Wildman–Crippen MR) is 167 cm³/mol. The second-order valence-electron chi connectivity index (χ2n) is 11.5. The Morgan fingerprint density at radius 3 is 2.28 bits per heavy atom. The number of aliphatic hydroxyl groups is 5. The first kappa shape index (κ1) is 33.9. The average Bonchev–Trinajstić information content (AvgIpc) is 3.05. The average molecular weight is 649 g/mol. The van der Waals surface area contributed by atoms with Crippen LogP contribution in [-0.4, -0.2) is 85.5 Å². The molecule has 1 aliphatic heterocycles. The molecule has 0 radical (unpaired) electrons. The zero-order chi connectivity index (χ0) is 34.0. The van der Waals surface area contributed by atoms with Crippen molar-refractivity contribution in [3.63, 3.8) is 0 Å². The highest BCUT2D eigenvalue weighted by molar-refractivity contribution is 6.31. The van der Waals surface area contributed by atoms with Gasteiger partial charge in [-0.25, -0.2) is 0 Å². The van der Waals surface area contributed by atoms with E-state index in [0.717, 1.165) is 5.56 Å². The summed E-state index contributed by atoms with van der Waals surface area (Å²) in [6.45, 7) is 1.79. The largest absolute Gasteiger partial charge is 0.507 e. The second-order valence-corrected chi connectivity index (χ2v) is 11.5. The molecule has 1 aliphatic carbocycles. The number of hydrogen-bond acceptors (Lipinski definition) is 12. The second kappa shape index (κ2) is 14.1. The van der Waals surface area contributed by atoms with Crippen LogP contribution in [0.5, 0.6) is 17.2 Å². The highest BCUT2D eigenvalue weighted by atomic mass is 16.7. The monoisotopic (exact) mass is 648 g/mol. The minimum Gasteiger partial charge on any atom is -0.507 e. The minimum absolute atomic E-state index is 0.000992. The molecular formula is C35H36O12. The Hall–Kier alpha value is -4.43. The number of carbonyl (C=O) groups is 3. The number of carbonyl (C=O) groups excluding carboxylic acids is 3. The van der Waals surface area contributed by atoms with Gasteiger partial charge in [0.1, 0.15) is 35.6 Å². The molecule has 12 heteroatoms. The molecule has 0 saturated carbocycles. The van der Waals surface area contributed by atoms with Gasteiger partial charge in [0.05, 0.1) is 18.3 Å². The lowest BCUT2D eigenvalue weighted by molar-refractivity contribution is -0.268. The quantitative estimate of drug-likeness (QED) is 0.0635. The van der Waals surface area contributed by atoms with Crippen LogP contribution in [0.15, 0.2) is 42.5 Å². The lowest BCUT2D eigenvalue weighted by Gasteiger charge is -2.39. The number of hydrogen-bond donors (Lipinski definition) is 6. The highest BCUT2D eigenvalue weighted by Gasteiger charge is 2.44. The van der Waals surface area contributed by atoms with Crippen LogP contribution in [0.1, 0.15) is 80.8 Å². The van der Waals surface area contributed by atoms with Crippen LogP contribution in [0.2, 0.25) is 0 Å².